The standard InChI is InChI=1S/C9H17N3O6/c1-4-6(13)7(14)5(8(17-3)18-4)10-9(15)12(2)11-16/h4-8,13-14H,1-3H3,(H,10,15)/t4-,5+,6-,7-,8+/m1/s1. The zero-order chi connectivity index (χ0) is 13.9. The van der Waals surface area contributed by atoms with Gasteiger partial charge in [-0.2, -0.15) is 5.01 Å². The van der Waals surface area contributed by atoms with E-state index in [1.165, 1.54) is 7.11 Å². The van der Waals surface area contributed by atoms with Gasteiger partial charge in [0.1, 0.15) is 18.2 Å². The van der Waals surface area contributed by atoms with Crippen LogP contribution < -0.4 is 5.32 Å². The molecule has 0 radical (unpaired) electrons. The van der Waals surface area contributed by atoms with Crippen LogP contribution in [0, 0.1) is 4.91 Å². The maximum Gasteiger partial charge on any atom is 0.340 e. The summed E-state index contributed by atoms with van der Waals surface area (Å²) in [5.41, 5.74) is 0. The molecule has 5 atom stereocenters. The van der Waals surface area contributed by atoms with E-state index in [9.17, 15) is 19.9 Å². The van der Waals surface area contributed by atoms with E-state index in [0.717, 1.165) is 7.05 Å². The lowest BCUT2D eigenvalue weighted by molar-refractivity contribution is -0.250. The summed E-state index contributed by atoms with van der Waals surface area (Å²) in [6.45, 7) is 1.57. The molecule has 0 bridgehead atoms. The predicted octanol–water partition coefficient (Wildman–Crippen LogP) is -1.21. The first-order valence-electron chi connectivity index (χ1n) is 5.34. The molecule has 0 aromatic carbocycles. The van der Waals surface area contributed by atoms with Crippen molar-refractivity contribution < 1.29 is 24.5 Å². The lowest BCUT2D eigenvalue weighted by Crippen LogP contribution is -2.64. The Morgan fingerprint density at radius 2 is 2.06 bits per heavy atom. The van der Waals surface area contributed by atoms with Crippen molar-refractivity contribution >= 4 is 6.03 Å². The highest BCUT2D eigenvalue weighted by Crippen LogP contribution is 2.21. The van der Waals surface area contributed by atoms with Crippen molar-refractivity contribution in [3.05, 3.63) is 4.91 Å². The molecule has 0 aliphatic carbocycles. The van der Waals surface area contributed by atoms with Gasteiger partial charge in [-0.3, -0.25) is 0 Å². The van der Waals surface area contributed by atoms with E-state index in [0.29, 0.717) is 5.01 Å². The highest BCUT2D eigenvalue weighted by molar-refractivity contribution is 5.73. The Morgan fingerprint density at radius 1 is 1.44 bits per heavy atom. The molecular formula is C9H17N3O6. The molecule has 1 saturated heterocycles. The zero-order valence-corrected chi connectivity index (χ0v) is 10.3. The summed E-state index contributed by atoms with van der Waals surface area (Å²) in [4.78, 5) is 21.6. The molecule has 1 fully saturated rings. The van der Waals surface area contributed by atoms with Gasteiger partial charge in [0.15, 0.2) is 6.29 Å². The van der Waals surface area contributed by atoms with E-state index >= 15 is 0 Å². The second-order valence-corrected chi connectivity index (χ2v) is 4.01. The Hall–Kier alpha value is -1.29. The number of rotatable bonds is 3. The third kappa shape index (κ3) is 2.93. The predicted molar refractivity (Wildman–Crippen MR) is 59.2 cm³/mol. The molecule has 0 unspecified atom stereocenters. The Kier molecular flexibility index (Phi) is 4.96. The lowest BCUT2D eigenvalue weighted by Gasteiger charge is -2.41. The molecule has 2 amide bonds. The van der Waals surface area contributed by atoms with Crippen LogP contribution in [0.2, 0.25) is 0 Å². The number of urea groups is 1. The Bertz CT molecular complexity index is 313. The molecule has 0 saturated carbocycles. The molecule has 0 aromatic rings. The smallest absolute Gasteiger partial charge is 0.340 e. The first kappa shape index (κ1) is 14.8. The summed E-state index contributed by atoms with van der Waals surface area (Å²) in [5, 5.41) is 24.8. The maximum atomic E-state index is 11.5. The van der Waals surface area contributed by atoms with Gasteiger partial charge in [-0.05, 0) is 6.92 Å². The number of methoxy groups -OCH3 is 1. The number of carbonyl (C=O) groups is 1. The number of aliphatic hydroxyl groups excluding tert-OH is 2. The average molecular weight is 263 g/mol. The van der Waals surface area contributed by atoms with E-state index in [2.05, 4.69) is 10.6 Å². The van der Waals surface area contributed by atoms with E-state index in [4.69, 9.17) is 9.47 Å². The van der Waals surface area contributed by atoms with Crippen LogP contribution in [0.5, 0.6) is 0 Å². The van der Waals surface area contributed by atoms with Crippen molar-refractivity contribution in [1.82, 2.24) is 10.3 Å². The fourth-order valence-electron chi connectivity index (χ4n) is 1.66. The fourth-order valence-corrected chi connectivity index (χ4v) is 1.66. The number of hydrogen-bond acceptors (Lipinski definition) is 7. The molecule has 0 spiro atoms. The molecule has 1 heterocycles. The van der Waals surface area contributed by atoms with Crippen LogP contribution in [-0.2, 0) is 9.47 Å². The third-order valence-corrected chi connectivity index (χ3v) is 2.78. The summed E-state index contributed by atoms with van der Waals surface area (Å²) in [5.74, 6) is 0. The Balaban J connectivity index is 2.76. The van der Waals surface area contributed by atoms with Gasteiger partial charge >= 0.3 is 6.03 Å². The number of nitrogens with zero attached hydrogens (tertiary/aromatic N) is 2. The molecule has 9 nitrogen and oxygen atoms in total. The first-order chi connectivity index (χ1) is 8.42. The van der Waals surface area contributed by atoms with Crippen molar-refractivity contribution in [2.24, 2.45) is 5.29 Å². The SMILES string of the molecule is CO[C@H]1O[C@H](C)[C@@H](O)[C@H](O)[C@@H]1NC(=O)N(C)N=O. The summed E-state index contributed by atoms with van der Waals surface area (Å²) < 4.78 is 10.2. The normalized spacial score (nSPS) is 35.9. The highest BCUT2D eigenvalue weighted by atomic mass is 16.7. The van der Waals surface area contributed by atoms with Crippen molar-refractivity contribution in [3.63, 3.8) is 0 Å². The Morgan fingerprint density at radius 3 is 2.56 bits per heavy atom. The third-order valence-electron chi connectivity index (χ3n) is 2.78. The van der Waals surface area contributed by atoms with Crippen LogP contribution in [0.15, 0.2) is 5.29 Å². The summed E-state index contributed by atoms with van der Waals surface area (Å²) >= 11 is 0. The molecule has 3 N–H and O–H groups in total. The molecule has 1 rings (SSSR count). The van der Waals surface area contributed by atoms with Crippen molar-refractivity contribution in [2.75, 3.05) is 14.2 Å². The van der Waals surface area contributed by atoms with E-state index in [1.54, 1.807) is 6.92 Å². The number of nitroso groups, excluding NO2 is 1. The molecule has 1 aliphatic heterocycles. The second kappa shape index (κ2) is 6.05. The largest absolute Gasteiger partial charge is 0.388 e. The van der Waals surface area contributed by atoms with Crippen LogP contribution >= 0.6 is 0 Å². The number of amides is 2. The van der Waals surface area contributed by atoms with Gasteiger partial charge < -0.3 is 25.0 Å². The minimum absolute atomic E-state index is 0.518. The van der Waals surface area contributed by atoms with Gasteiger partial charge in [-0.15, -0.1) is 4.91 Å². The monoisotopic (exact) mass is 263 g/mol. The molecule has 104 valence electrons. The van der Waals surface area contributed by atoms with E-state index in [-0.39, 0.29) is 0 Å². The van der Waals surface area contributed by atoms with Gasteiger partial charge in [0.05, 0.1) is 11.4 Å². The topological polar surface area (TPSA) is 121 Å². The van der Waals surface area contributed by atoms with E-state index in [1.807, 2.05) is 0 Å². The second-order valence-electron chi connectivity index (χ2n) is 4.01. The van der Waals surface area contributed by atoms with Crippen molar-refractivity contribution in [1.29, 1.82) is 0 Å². The lowest BCUT2D eigenvalue weighted by atomic mass is 9.98. The average Bonchev–Trinajstić information content (AvgIpc) is 2.37. The molecule has 1 aliphatic rings. The number of ether oxygens (including phenoxy) is 2. The van der Waals surface area contributed by atoms with Gasteiger partial charge in [0.2, 0.25) is 0 Å². The van der Waals surface area contributed by atoms with Gasteiger partial charge in [-0.25, -0.2) is 4.79 Å². The molecule has 18 heavy (non-hydrogen) atoms. The molecular weight excluding hydrogens is 246 g/mol. The van der Waals surface area contributed by atoms with Crippen LogP contribution in [0.4, 0.5) is 4.79 Å². The summed E-state index contributed by atoms with van der Waals surface area (Å²) in [6.07, 6.45) is -4.01. The number of hydrogen-bond donors (Lipinski definition) is 3. The Labute approximate surface area is 104 Å². The summed E-state index contributed by atoms with van der Waals surface area (Å²) in [7, 11) is 2.49. The molecule has 9 heteroatoms. The van der Waals surface area contributed by atoms with Crippen LogP contribution in [0.3, 0.4) is 0 Å². The zero-order valence-electron chi connectivity index (χ0n) is 10.3. The van der Waals surface area contributed by atoms with Crippen molar-refractivity contribution in [2.45, 2.75) is 37.6 Å². The van der Waals surface area contributed by atoms with E-state index < -0.39 is 36.7 Å². The summed E-state index contributed by atoms with van der Waals surface area (Å²) in [6, 6.07) is -1.83. The van der Waals surface area contributed by atoms with Gasteiger partial charge in [0, 0.05) is 14.2 Å². The highest BCUT2D eigenvalue weighted by Gasteiger charge is 2.44. The number of aliphatic hydroxyl groups is 2. The fraction of sp³-hybridized carbons (Fsp3) is 0.889. The van der Waals surface area contributed by atoms with Crippen molar-refractivity contribution in [3.8, 4) is 0 Å². The minimum Gasteiger partial charge on any atom is -0.388 e. The quantitative estimate of drug-likeness (QED) is 0.434. The minimum atomic E-state index is -1.28. The first-order valence-corrected chi connectivity index (χ1v) is 5.34. The van der Waals surface area contributed by atoms with Crippen LogP contribution in [0.25, 0.3) is 0 Å². The number of carbonyl (C=O) groups excluding carboxylic acids is 1. The van der Waals surface area contributed by atoms with Gasteiger partial charge in [-0.1, -0.05) is 0 Å². The maximum absolute atomic E-state index is 11.5. The van der Waals surface area contributed by atoms with Crippen LogP contribution in [-0.4, -0.2) is 66.1 Å². The van der Waals surface area contributed by atoms with Crippen LogP contribution in [0.1, 0.15) is 6.92 Å². The molecule has 0 aromatic heterocycles. The van der Waals surface area contributed by atoms with Gasteiger partial charge in [0.25, 0.3) is 0 Å². The number of nitrogens with one attached hydrogen (secondary N) is 1.